The summed E-state index contributed by atoms with van der Waals surface area (Å²) in [6.07, 6.45) is 0. The van der Waals surface area contributed by atoms with Crippen molar-refractivity contribution in [2.75, 3.05) is 23.1 Å². The van der Waals surface area contributed by atoms with E-state index in [0.29, 0.717) is 17.0 Å². The first-order chi connectivity index (χ1) is 17.1. The number of ether oxygens (including phenoxy) is 1. The minimum absolute atomic E-state index is 0.00266. The molecular formula is C28H22N2O3S2. The fraction of sp³-hybridized carbons (Fsp3) is 0.0714. The van der Waals surface area contributed by atoms with E-state index in [1.165, 1.54) is 11.8 Å². The van der Waals surface area contributed by atoms with Gasteiger partial charge in [0.15, 0.2) is 0 Å². The molecule has 1 N–H and O–H groups in total. The van der Waals surface area contributed by atoms with Crippen LogP contribution in [0.2, 0.25) is 0 Å². The summed E-state index contributed by atoms with van der Waals surface area (Å²) in [6, 6.07) is 30.4. The van der Waals surface area contributed by atoms with Crippen molar-refractivity contribution in [1.82, 2.24) is 0 Å². The van der Waals surface area contributed by atoms with E-state index in [9.17, 15) is 9.59 Å². The number of hydrogen-bond acceptors (Lipinski definition) is 5. The summed E-state index contributed by atoms with van der Waals surface area (Å²) in [5.41, 5.74) is 3.03. The lowest BCUT2D eigenvalue weighted by molar-refractivity contribution is -0.115. The average molecular weight is 499 g/mol. The molecule has 0 unspecified atom stereocenters. The predicted molar refractivity (Wildman–Crippen MR) is 142 cm³/mol. The molecule has 5 rings (SSSR count). The van der Waals surface area contributed by atoms with E-state index in [2.05, 4.69) is 5.32 Å². The van der Waals surface area contributed by atoms with Gasteiger partial charge < -0.3 is 10.1 Å². The molecule has 0 atom stereocenters. The van der Waals surface area contributed by atoms with Crippen molar-refractivity contribution < 1.29 is 14.3 Å². The molecule has 4 aromatic carbocycles. The Morgan fingerprint density at radius 1 is 0.857 bits per heavy atom. The van der Waals surface area contributed by atoms with E-state index in [0.717, 1.165) is 26.1 Å². The number of rotatable bonds is 6. The molecule has 35 heavy (non-hydrogen) atoms. The van der Waals surface area contributed by atoms with Gasteiger partial charge in [0.05, 0.1) is 24.2 Å². The molecule has 7 heteroatoms. The van der Waals surface area contributed by atoms with Crippen LogP contribution >= 0.6 is 23.5 Å². The summed E-state index contributed by atoms with van der Waals surface area (Å²) in [5, 5.41) is 2.92. The Bertz CT molecular complexity index is 1340. The second-order valence-electron chi connectivity index (χ2n) is 7.77. The number of thioether (sulfide) groups is 1. The molecule has 4 aromatic rings. The molecule has 0 spiro atoms. The van der Waals surface area contributed by atoms with Gasteiger partial charge in [-0.1, -0.05) is 42.1 Å². The molecule has 5 nitrogen and oxygen atoms in total. The highest BCUT2D eigenvalue weighted by atomic mass is 32.2. The number of anilines is 3. The fourth-order valence-corrected chi connectivity index (χ4v) is 5.65. The lowest BCUT2D eigenvalue weighted by Gasteiger charge is -2.31. The molecule has 2 amide bonds. The van der Waals surface area contributed by atoms with Crippen molar-refractivity contribution in [3.8, 4) is 5.75 Å². The summed E-state index contributed by atoms with van der Waals surface area (Å²) >= 11 is 3.13. The van der Waals surface area contributed by atoms with Crippen LogP contribution in [-0.2, 0) is 4.79 Å². The van der Waals surface area contributed by atoms with Crippen LogP contribution in [0.25, 0.3) is 0 Å². The topological polar surface area (TPSA) is 58.6 Å². The average Bonchev–Trinajstić information content (AvgIpc) is 2.90. The molecule has 0 aliphatic carbocycles. The Balaban J connectivity index is 1.29. The van der Waals surface area contributed by atoms with E-state index in [-0.39, 0.29) is 17.6 Å². The summed E-state index contributed by atoms with van der Waals surface area (Å²) in [7, 11) is 1.59. The first-order valence-electron chi connectivity index (χ1n) is 11.0. The first kappa shape index (κ1) is 23.1. The summed E-state index contributed by atoms with van der Waals surface area (Å²) < 4.78 is 5.15. The van der Waals surface area contributed by atoms with E-state index < -0.39 is 0 Å². The van der Waals surface area contributed by atoms with E-state index >= 15 is 0 Å². The SMILES string of the molecule is COc1ccc(C(=O)Nc2cccc(SCC(=O)N3c4ccccc4Sc4ccccc43)c2)cc1. The molecule has 0 saturated carbocycles. The van der Waals surface area contributed by atoms with Gasteiger partial charge in [0.2, 0.25) is 5.91 Å². The maximum absolute atomic E-state index is 13.4. The van der Waals surface area contributed by atoms with Crippen LogP contribution in [0.15, 0.2) is 112 Å². The van der Waals surface area contributed by atoms with Gasteiger partial charge in [0.25, 0.3) is 5.91 Å². The van der Waals surface area contributed by atoms with Gasteiger partial charge in [-0.3, -0.25) is 14.5 Å². The zero-order valence-corrected chi connectivity index (χ0v) is 20.6. The van der Waals surface area contributed by atoms with Crippen molar-refractivity contribution in [3.63, 3.8) is 0 Å². The smallest absolute Gasteiger partial charge is 0.255 e. The number of methoxy groups -OCH3 is 1. The number of carbonyl (C=O) groups excluding carboxylic acids is 2. The maximum atomic E-state index is 13.4. The van der Waals surface area contributed by atoms with Gasteiger partial charge in [-0.25, -0.2) is 0 Å². The van der Waals surface area contributed by atoms with Crippen LogP contribution in [0.4, 0.5) is 17.1 Å². The second-order valence-corrected chi connectivity index (χ2v) is 9.90. The Morgan fingerprint density at radius 3 is 2.17 bits per heavy atom. The van der Waals surface area contributed by atoms with E-state index in [4.69, 9.17) is 4.74 Å². The lowest BCUT2D eigenvalue weighted by atomic mass is 10.2. The standard InChI is InChI=1S/C28H22N2O3S2/c1-33-21-15-13-19(14-16-21)28(32)29-20-7-6-8-22(17-20)34-18-27(31)30-23-9-2-4-11-25(23)35-26-12-5-3-10-24(26)30/h2-17H,18H2,1H3,(H,29,32). The fourth-order valence-electron chi connectivity index (χ4n) is 3.79. The van der Waals surface area contributed by atoms with Crippen LogP contribution in [-0.4, -0.2) is 24.7 Å². The molecule has 174 valence electrons. The molecule has 0 saturated heterocycles. The highest BCUT2D eigenvalue weighted by Gasteiger charge is 2.27. The summed E-state index contributed by atoms with van der Waals surface area (Å²) in [4.78, 5) is 30.9. The zero-order chi connectivity index (χ0) is 24.2. The Morgan fingerprint density at radius 2 is 1.51 bits per heavy atom. The maximum Gasteiger partial charge on any atom is 0.255 e. The number of fused-ring (bicyclic) bond motifs is 2. The van der Waals surface area contributed by atoms with Crippen molar-refractivity contribution in [2.45, 2.75) is 14.7 Å². The van der Waals surface area contributed by atoms with Crippen molar-refractivity contribution >= 4 is 52.4 Å². The molecule has 1 aliphatic rings. The zero-order valence-electron chi connectivity index (χ0n) is 18.9. The Labute approximate surface area is 212 Å². The first-order valence-corrected chi connectivity index (χ1v) is 12.8. The van der Waals surface area contributed by atoms with Gasteiger partial charge in [-0.2, -0.15) is 0 Å². The number of amides is 2. The van der Waals surface area contributed by atoms with E-state index in [1.807, 2.05) is 77.7 Å². The molecule has 0 fully saturated rings. The van der Waals surface area contributed by atoms with Crippen LogP contribution in [0, 0.1) is 0 Å². The highest BCUT2D eigenvalue weighted by Crippen LogP contribution is 2.48. The number of para-hydroxylation sites is 2. The van der Waals surface area contributed by atoms with Crippen molar-refractivity contribution in [3.05, 3.63) is 103 Å². The third-order valence-corrected chi connectivity index (χ3v) is 7.60. The minimum atomic E-state index is -0.204. The highest BCUT2D eigenvalue weighted by molar-refractivity contribution is 8.00. The molecule has 1 heterocycles. The molecule has 0 aromatic heterocycles. The van der Waals surface area contributed by atoms with Crippen LogP contribution in [0.5, 0.6) is 5.75 Å². The third kappa shape index (κ3) is 5.06. The molecule has 0 radical (unpaired) electrons. The number of nitrogens with one attached hydrogen (secondary N) is 1. The van der Waals surface area contributed by atoms with Gasteiger partial charge >= 0.3 is 0 Å². The largest absolute Gasteiger partial charge is 0.497 e. The van der Waals surface area contributed by atoms with Crippen LogP contribution in [0.1, 0.15) is 10.4 Å². The number of nitrogens with zero attached hydrogens (tertiary/aromatic N) is 1. The second kappa shape index (κ2) is 10.3. The number of carbonyl (C=O) groups is 2. The van der Waals surface area contributed by atoms with Gasteiger partial charge in [-0.15, -0.1) is 11.8 Å². The Kier molecular flexibility index (Phi) is 6.79. The Hall–Kier alpha value is -3.68. The molecular weight excluding hydrogens is 476 g/mol. The van der Waals surface area contributed by atoms with Gasteiger partial charge in [0.1, 0.15) is 5.75 Å². The van der Waals surface area contributed by atoms with Crippen molar-refractivity contribution in [1.29, 1.82) is 0 Å². The van der Waals surface area contributed by atoms with E-state index in [1.54, 1.807) is 43.1 Å². The van der Waals surface area contributed by atoms with Gasteiger partial charge in [0, 0.05) is 25.9 Å². The predicted octanol–water partition coefficient (Wildman–Crippen LogP) is 6.87. The van der Waals surface area contributed by atoms with Gasteiger partial charge in [-0.05, 0) is 66.7 Å². The quantitative estimate of drug-likeness (QED) is 0.294. The lowest BCUT2D eigenvalue weighted by Crippen LogP contribution is -2.29. The van der Waals surface area contributed by atoms with Crippen molar-refractivity contribution in [2.24, 2.45) is 0 Å². The number of benzene rings is 4. The summed E-state index contributed by atoms with van der Waals surface area (Å²) in [5.74, 6) is 0.762. The summed E-state index contributed by atoms with van der Waals surface area (Å²) in [6.45, 7) is 0. The van der Waals surface area contributed by atoms with Crippen LogP contribution in [0.3, 0.4) is 0 Å². The molecule has 1 aliphatic heterocycles. The molecule has 0 bridgehead atoms. The third-order valence-electron chi connectivity index (χ3n) is 5.49. The monoisotopic (exact) mass is 498 g/mol. The van der Waals surface area contributed by atoms with Crippen LogP contribution < -0.4 is 15.0 Å². The minimum Gasteiger partial charge on any atom is -0.497 e. The number of hydrogen-bond donors (Lipinski definition) is 1. The normalized spacial score (nSPS) is 11.9.